The molecule has 0 aliphatic carbocycles. The second kappa shape index (κ2) is 4.88. The van der Waals surface area contributed by atoms with Crippen molar-refractivity contribution < 1.29 is 0 Å². The van der Waals surface area contributed by atoms with Crippen molar-refractivity contribution in [1.29, 1.82) is 0 Å². The number of fused-ring (bicyclic) bond motifs is 1. The molecule has 1 fully saturated rings. The van der Waals surface area contributed by atoms with Crippen LogP contribution in [0.3, 0.4) is 0 Å². The lowest BCUT2D eigenvalue weighted by Crippen LogP contribution is -2.23. The first-order chi connectivity index (χ1) is 8.34. The van der Waals surface area contributed by atoms with Gasteiger partial charge in [0.15, 0.2) is 0 Å². The van der Waals surface area contributed by atoms with E-state index in [9.17, 15) is 0 Å². The van der Waals surface area contributed by atoms with Gasteiger partial charge in [0, 0.05) is 18.5 Å². The zero-order valence-electron chi connectivity index (χ0n) is 9.13. The molecule has 17 heavy (non-hydrogen) atoms. The molecule has 3 heterocycles. The maximum atomic E-state index is 5.46. The molecule has 1 aliphatic rings. The van der Waals surface area contributed by atoms with E-state index in [-0.39, 0.29) is 0 Å². The maximum Gasteiger partial charge on any atom is 0.142 e. The minimum absolute atomic E-state index is 0.939. The summed E-state index contributed by atoms with van der Waals surface area (Å²) in [5, 5.41) is 4.14. The monoisotopic (exact) mass is 281 g/mol. The third kappa shape index (κ3) is 2.29. The van der Waals surface area contributed by atoms with Crippen LogP contribution in [-0.2, 0) is 0 Å². The summed E-state index contributed by atoms with van der Waals surface area (Å²) in [6, 6.07) is 2.06. The van der Waals surface area contributed by atoms with E-state index in [0.29, 0.717) is 0 Å². The van der Waals surface area contributed by atoms with Crippen LogP contribution in [0, 0.1) is 0 Å². The van der Waals surface area contributed by atoms with Crippen molar-refractivity contribution in [2.75, 3.05) is 13.1 Å². The first-order valence-electron chi connectivity index (χ1n) is 5.49. The van der Waals surface area contributed by atoms with Gasteiger partial charge >= 0.3 is 0 Å². The highest BCUT2D eigenvalue weighted by molar-refractivity contribution is 8.23. The number of aromatic nitrogens is 2. The summed E-state index contributed by atoms with van der Waals surface area (Å²) in [6.45, 7) is 2.17. The SMILES string of the molecule is S=C(Sc1ncnc2sccc12)N1CCCC1. The Morgan fingerprint density at radius 3 is 3.00 bits per heavy atom. The molecule has 0 spiro atoms. The van der Waals surface area contributed by atoms with Gasteiger partial charge in [-0.1, -0.05) is 12.2 Å². The van der Waals surface area contributed by atoms with Gasteiger partial charge in [0.2, 0.25) is 0 Å². The van der Waals surface area contributed by atoms with Gasteiger partial charge in [-0.25, -0.2) is 9.97 Å². The molecule has 0 amide bonds. The van der Waals surface area contributed by atoms with Gasteiger partial charge in [-0.2, -0.15) is 0 Å². The zero-order chi connectivity index (χ0) is 11.7. The Bertz CT molecular complexity index is 546. The van der Waals surface area contributed by atoms with Gasteiger partial charge in [0.05, 0.1) is 0 Å². The van der Waals surface area contributed by atoms with E-state index in [1.807, 2.05) is 5.38 Å². The molecule has 0 unspecified atom stereocenters. The standard InChI is InChI=1S/C11H11N3S3/c15-11(14-4-1-2-5-14)17-10-8-3-6-16-9(8)12-7-13-10/h3,6-7H,1-2,4-5H2. The van der Waals surface area contributed by atoms with Crippen molar-refractivity contribution in [3.05, 3.63) is 17.8 Å². The van der Waals surface area contributed by atoms with Crippen LogP contribution >= 0.6 is 35.3 Å². The molecular weight excluding hydrogens is 270 g/mol. The Hall–Kier alpha value is -0.720. The lowest BCUT2D eigenvalue weighted by atomic mass is 10.4. The average molecular weight is 281 g/mol. The second-order valence-corrected chi connectivity index (χ2v) is 6.40. The Balaban J connectivity index is 1.84. The number of rotatable bonds is 1. The van der Waals surface area contributed by atoms with Gasteiger partial charge in [-0.05, 0) is 36.0 Å². The molecule has 3 nitrogen and oxygen atoms in total. The molecule has 3 rings (SSSR count). The first kappa shape index (κ1) is 11.4. The summed E-state index contributed by atoms with van der Waals surface area (Å²) in [4.78, 5) is 11.9. The molecule has 1 aliphatic heterocycles. The summed E-state index contributed by atoms with van der Waals surface area (Å²) >= 11 is 8.69. The lowest BCUT2D eigenvalue weighted by Gasteiger charge is -2.17. The largest absolute Gasteiger partial charge is 0.357 e. The van der Waals surface area contributed by atoms with Gasteiger partial charge in [0.1, 0.15) is 20.5 Å². The van der Waals surface area contributed by atoms with Crippen molar-refractivity contribution in [3.63, 3.8) is 0 Å². The Kier molecular flexibility index (Phi) is 3.26. The molecule has 0 aromatic carbocycles. The highest BCUT2D eigenvalue weighted by Crippen LogP contribution is 2.30. The van der Waals surface area contributed by atoms with Gasteiger partial charge < -0.3 is 4.90 Å². The predicted molar refractivity (Wildman–Crippen MR) is 76.7 cm³/mol. The van der Waals surface area contributed by atoms with E-state index in [1.54, 1.807) is 29.4 Å². The molecule has 0 bridgehead atoms. The zero-order valence-corrected chi connectivity index (χ0v) is 11.6. The molecule has 6 heteroatoms. The topological polar surface area (TPSA) is 29.0 Å². The van der Waals surface area contributed by atoms with Crippen molar-refractivity contribution in [2.45, 2.75) is 17.9 Å². The van der Waals surface area contributed by atoms with Crippen LogP contribution in [0.4, 0.5) is 0 Å². The lowest BCUT2D eigenvalue weighted by molar-refractivity contribution is 0.539. The van der Waals surface area contributed by atoms with Crippen LogP contribution in [0.15, 0.2) is 22.8 Å². The summed E-state index contributed by atoms with van der Waals surface area (Å²) in [5.74, 6) is 0. The molecule has 2 aromatic heterocycles. The summed E-state index contributed by atoms with van der Waals surface area (Å²) in [6.07, 6.45) is 4.12. The smallest absolute Gasteiger partial charge is 0.142 e. The molecule has 0 radical (unpaired) electrons. The Morgan fingerprint density at radius 2 is 2.18 bits per heavy atom. The fourth-order valence-corrected chi connectivity index (χ4v) is 3.96. The van der Waals surface area contributed by atoms with Crippen LogP contribution < -0.4 is 0 Å². The normalized spacial score (nSPS) is 15.6. The number of nitrogens with zero attached hydrogens (tertiary/aromatic N) is 3. The summed E-state index contributed by atoms with van der Waals surface area (Å²) in [7, 11) is 0. The molecule has 1 saturated heterocycles. The molecule has 0 saturated carbocycles. The number of hydrogen-bond donors (Lipinski definition) is 0. The Labute approximate surface area is 113 Å². The van der Waals surface area contributed by atoms with E-state index >= 15 is 0 Å². The van der Waals surface area contributed by atoms with E-state index in [0.717, 1.165) is 32.7 Å². The first-order valence-corrected chi connectivity index (χ1v) is 7.60. The quantitative estimate of drug-likeness (QED) is 0.455. The third-order valence-corrected chi connectivity index (χ3v) is 5.05. The van der Waals surface area contributed by atoms with Gasteiger partial charge in [0.25, 0.3) is 0 Å². The average Bonchev–Trinajstić information content (AvgIpc) is 3.00. The molecule has 88 valence electrons. The number of thiocarbonyl (C=S) groups is 1. The van der Waals surface area contributed by atoms with Gasteiger partial charge in [-0.3, -0.25) is 0 Å². The van der Waals surface area contributed by atoms with E-state index in [1.165, 1.54) is 12.8 Å². The van der Waals surface area contributed by atoms with E-state index in [4.69, 9.17) is 12.2 Å². The Morgan fingerprint density at radius 1 is 1.35 bits per heavy atom. The van der Waals surface area contributed by atoms with Crippen molar-refractivity contribution in [1.82, 2.24) is 14.9 Å². The number of thioether (sulfide) groups is 1. The highest BCUT2D eigenvalue weighted by atomic mass is 32.2. The van der Waals surface area contributed by atoms with Gasteiger partial charge in [-0.15, -0.1) is 11.3 Å². The van der Waals surface area contributed by atoms with Crippen molar-refractivity contribution >= 4 is 49.9 Å². The van der Waals surface area contributed by atoms with Crippen LogP contribution in [0.5, 0.6) is 0 Å². The van der Waals surface area contributed by atoms with Crippen LogP contribution in [0.2, 0.25) is 0 Å². The summed E-state index contributed by atoms with van der Waals surface area (Å²) in [5.41, 5.74) is 0. The van der Waals surface area contributed by atoms with Crippen molar-refractivity contribution in [2.24, 2.45) is 0 Å². The third-order valence-electron chi connectivity index (χ3n) is 2.77. The molecule has 0 atom stereocenters. The van der Waals surface area contributed by atoms with Crippen molar-refractivity contribution in [3.8, 4) is 0 Å². The number of thiophene rings is 1. The van der Waals surface area contributed by atoms with Crippen LogP contribution in [-0.4, -0.2) is 32.3 Å². The minimum atomic E-state index is 0.939. The second-order valence-electron chi connectivity index (χ2n) is 3.88. The maximum absolute atomic E-state index is 5.46. The fourth-order valence-electron chi connectivity index (χ4n) is 1.90. The minimum Gasteiger partial charge on any atom is -0.357 e. The molecule has 0 N–H and O–H groups in total. The predicted octanol–water partition coefficient (Wildman–Crippen LogP) is 3.16. The summed E-state index contributed by atoms with van der Waals surface area (Å²) < 4.78 is 0.939. The number of hydrogen-bond acceptors (Lipinski definition) is 5. The van der Waals surface area contributed by atoms with E-state index < -0.39 is 0 Å². The number of likely N-dealkylation sites (tertiary alicyclic amines) is 1. The molecule has 2 aromatic rings. The van der Waals surface area contributed by atoms with Crippen LogP contribution in [0.1, 0.15) is 12.8 Å². The fraction of sp³-hybridized carbons (Fsp3) is 0.364. The van der Waals surface area contributed by atoms with Crippen LogP contribution in [0.25, 0.3) is 10.2 Å². The van der Waals surface area contributed by atoms with E-state index in [2.05, 4.69) is 20.9 Å². The highest BCUT2D eigenvalue weighted by Gasteiger charge is 2.17. The molecular formula is C11H11N3S3.